The average molecular weight is 314 g/mol. The Hall–Kier alpha value is -1.73. The maximum absolute atomic E-state index is 12.5. The van der Waals surface area contributed by atoms with Crippen LogP contribution in [-0.4, -0.2) is 33.1 Å². The summed E-state index contributed by atoms with van der Waals surface area (Å²) in [6.07, 6.45) is 3.14. The van der Waals surface area contributed by atoms with Crippen molar-refractivity contribution in [2.45, 2.75) is 53.9 Å². The highest BCUT2D eigenvalue weighted by molar-refractivity contribution is 4.99. The van der Waals surface area contributed by atoms with Crippen LogP contribution in [-0.2, 0) is 22.7 Å². The van der Waals surface area contributed by atoms with Crippen molar-refractivity contribution in [3.63, 3.8) is 0 Å². The van der Waals surface area contributed by atoms with Gasteiger partial charge in [-0.1, -0.05) is 13.8 Å². The van der Waals surface area contributed by atoms with Crippen molar-refractivity contribution in [1.82, 2.24) is 20.4 Å². The Labute approximate surface area is 131 Å². The molecule has 126 valence electrons. The summed E-state index contributed by atoms with van der Waals surface area (Å²) >= 11 is 0. The van der Waals surface area contributed by atoms with Crippen LogP contribution in [0.4, 0.5) is 4.39 Å². The molecule has 0 aliphatic heterocycles. The molecule has 0 bridgehead atoms. The van der Waals surface area contributed by atoms with E-state index in [4.69, 9.17) is 9.47 Å². The summed E-state index contributed by atoms with van der Waals surface area (Å²) in [5.41, 5.74) is 1.43. The predicted molar refractivity (Wildman–Crippen MR) is 83.7 cm³/mol. The molecule has 0 atom stereocenters. The second-order valence-corrected chi connectivity index (χ2v) is 4.28. The standard InChI is InChI=1S/C7H12N2O.C6H9FN2O.C2H6/c1-6(2)10-5-7-3-4-8-9-7;1-2-10-4-6-5(7)3-8-9-6;1-2/h3-4,6H,5H2,1-2H3,(H,8,9);3H,2,4H2,1H3,(H,8,9);1-2H3. The maximum atomic E-state index is 12.5. The Morgan fingerprint density at radius 3 is 2.36 bits per heavy atom. The highest BCUT2D eigenvalue weighted by Gasteiger charge is 2.01. The summed E-state index contributed by atoms with van der Waals surface area (Å²) in [5.74, 6) is -0.339. The molecule has 2 N–H and O–H groups in total. The number of aromatic nitrogens is 4. The van der Waals surface area contributed by atoms with E-state index >= 15 is 0 Å². The molecule has 0 fully saturated rings. The van der Waals surface area contributed by atoms with Crippen LogP contribution in [0.1, 0.15) is 46.0 Å². The van der Waals surface area contributed by atoms with Gasteiger partial charge in [-0.25, -0.2) is 4.39 Å². The minimum atomic E-state index is -0.339. The molecule has 2 aromatic heterocycles. The van der Waals surface area contributed by atoms with Gasteiger partial charge in [-0.05, 0) is 26.8 Å². The van der Waals surface area contributed by atoms with Gasteiger partial charge in [0.05, 0.1) is 36.9 Å². The van der Waals surface area contributed by atoms with Crippen LogP contribution in [0, 0.1) is 5.82 Å². The van der Waals surface area contributed by atoms with Crippen molar-refractivity contribution in [3.05, 3.63) is 35.7 Å². The van der Waals surface area contributed by atoms with Gasteiger partial charge in [-0.3, -0.25) is 10.2 Å². The fourth-order valence-corrected chi connectivity index (χ4v) is 1.23. The molecule has 2 rings (SSSR count). The zero-order valence-electron chi connectivity index (χ0n) is 14.0. The lowest BCUT2D eigenvalue weighted by Crippen LogP contribution is -2.02. The Balaban J connectivity index is 0.000000360. The van der Waals surface area contributed by atoms with Crippen molar-refractivity contribution in [2.24, 2.45) is 0 Å². The lowest BCUT2D eigenvalue weighted by molar-refractivity contribution is 0.0636. The fraction of sp³-hybridized carbons (Fsp3) is 0.600. The third-order valence-electron chi connectivity index (χ3n) is 2.25. The molecule has 0 saturated heterocycles. The molecule has 0 radical (unpaired) electrons. The molecule has 22 heavy (non-hydrogen) atoms. The molecule has 0 aliphatic carbocycles. The van der Waals surface area contributed by atoms with Crippen molar-refractivity contribution in [2.75, 3.05) is 6.61 Å². The van der Waals surface area contributed by atoms with Crippen LogP contribution < -0.4 is 0 Å². The van der Waals surface area contributed by atoms with Crippen LogP contribution in [0.3, 0.4) is 0 Å². The second-order valence-electron chi connectivity index (χ2n) is 4.28. The van der Waals surface area contributed by atoms with Crippen molar-refractivity contribution < 1.29 is 13.9 Å². The van der Waals surface area contributed by atoms with E-state index in [2.05, 4.69) is 20.4 Å². The SMILES string of the molecule is CC.CC(C)OCc1ccn[nH]1.CCOCc1[nH]ncc1F. The smallest absolute Gasteiger partial charge is 0.166 e. The van der Waals surface area contributed by atoms with E-state index in [9.17, 15) is 4.39 Å². The number of nitrogens with zero attached hydrogens (tertiary/aromatic N) is 2. The van der Waals surface area contributed by atoms with Gasteiger partial charge < -0.3 is 9.47 Å². The molecule has 0 amide bonds. The topological polar surface area (TPSA) is 75.8 Å². The highest BCUT2D eigenvalue weighted by atomic mass is 19.1. The van der Waals surface area contributed by atoms with E-state index in [1.807, 2.05) is 40.7 Å². The Kier molecular flexibility index (Phi) is 11.9. The number of nitrogens with one attached hydrogen (secondary N) is 2. The summed E-state index contributed by atoms with van der Waals surface area (Å²) in [5, 5.41) is 12.6. The van der Waals surface area contributed by atoms with E-state index in [0.29, 0.717) is 18.9 Å². The quantitative estimate of drug-likeness (QED) is 0.856. The van der Waals surface area contributed by atoms with Crippen molar-refractivity contribution >= 4 is 0 Å². The third kappa shape index (κ3) is 9.25. The van der Waals surface area contributed by atoms with Crippen molar-refractivity contribution in [3.8, 4) is 0 Å². The molecular formula is C15H27FN4O2. The van der Waals surface area contributed by atoms with Crippen LogP contribution in [0.2, 0.25) is 0 Å². The Bertz CT molecular complexity index is 458. The molecule has 6 nitrogen and oxygen atoms in total. The molecule has 0 spiro atoms. The van der Waals surface area contributed by atoms with E-state index in [0.717, 1.165) is 11.9 Å². The summed E-state index contributed by atoms with van der Waals surface area (Å²) < 4.78 is 22.8. The minimum absolute atomic E-state index is 0.266. The first-order valence-corrected chi connectivity index (χ1v) is 7.48. The third-order valence-corrected chi connectivity index (χ3v) is 2.25. The molecule has 0 aliphatic rings. The molecule has 2 aromatic rings. The summed E-state index contributed by atoms with van der Waals surface area (Å²) in [7, 11) is 0. The molecule has 0 unspecified atom stereocenters. The Morgan fingerprint density at radius 2 is 1.91 bits per heavy atom. The van der Waals surface area contributed by atoms with Gasteiger partial charge in [-0.15, -0.1) is 0 Å². The zero-order valence-corrected chi connectivity index (χ0v) is 14.0. The minimum Gasteiger partial charge on any atom is -0.375 e. The van der Waals surface area contributed by atoms with Gasteiger partial charge in [0, 0.05) is 12.8 Å². The van der Waals surface area contributed by atoms with Gasteiger partial charge in [-0.2, -0.15) is 10.2 Å². The highest BCUT2D eigenvalue weighted by Crippen LogP contribution is 2.02. The molecule has 0 saturated carbocycles. The maximum Gasteiger partial charge on any atom is 0.166 e. The van der Waals surface area contributed by atoms with Crippen LogP contribution in [0.15, 0.2) is 18.5 Å². The van der Waals surface area contributed by atoms with Gasteiger partial charge in [0.2, 0.25) is 0 Å². The van der Waals surface area contributed by atoms with Crippen LogP contribution in [0.25, 0.3) is 0 Å². The summed E-state index contributed by atoms with van der Waals surface area (Å²) in [4.78, 5) is 0. The monoisotopic (exact) mass is 314 g/mol. The number of rotatable bonds is 6. The van der Waals surface area contributed by atoms with Crippen molar-refractivity contribution in [1.29, 1.82) is 0 Å². The number of halogens is 1. The zero-order chi connectivity index (χ0) is 16.8. The number of ether oxygens (including phenoxy) is 2. The number of H-pyrrole nitrogens is 2. The lowest BCUT2D eigenvalue weighted by Gasteiger charge is -2.04. The molecule has 2 heterocycles. The van der Waals surface area contributed by atoms with Gasteiger partial charge >= 0.3 is 0 Å². The first kappa shape index (κ1) is 20.3. The number of hydrogen-bond donors (Lipinski definition) is 2. The summed E-state index contributed by atoms with van der Waals surface area (Å²) in [6.45, 7) is 11.3. The fourth-order valence-electron chi connectivity index (χ4n) is 1.23. The van der Waals surface area contributed by atoms with Gasteiger partial charge in [0.1, 0.15) is 0 Å². The molecule has 0 aromatic carbocycles. The van der Waals surface area contributed by atoms with E-state index in [1.165, 1.54) is 0 Å². The normalized spacial score (nSPS) is 9.77. The largest absolute Gasteiger partial charge is 0.375 e. The first-order valence-electron chi connectivity index (χ1n) is 7.48. The van der Waals surface area contributed by atoms with E-state index in [-0.39, 0.29) is 18.5 Å². The molecule has 7 heteroatoms. The first-order chi connectivity index (χ1) is 10.6. The predicted octanol–water partition coefficient (Wildman–Crippen LogP) is 3.45. The number of hydrogen-bond acceptors (Lipinski definition) is 4. The van der Waals surface area contributed by atoms with Gasteiger partial charge in [0.25, 0.3) is 0 Å². The van der Waals surface area contributed by atoms with Crippen LogP contribution >= 0.6 is 0 Å². The lowest BCUT2D eigenvalue weighted by atomic mass is 10.4. The number of aromatic amines is 2. The van der Waals surface area contributed by atoms with E-state index in [1.54, 1.807) is 6.20 Å². The Morgan fingerprint density at radius 1 is 1.18 bits per heavy atom. The van der Waals surface area contributed by atoms with Gasteiger partial charge in [0.15, 0.2) is 5.82 Å². The average Bonchev–Trinajstić information content (AvgIpc) is 3.17. The molecular weight excluding hydrogens is 287 g/mol. The van der Waals surface area contributed by atoms with Crippen LogP contribution in [0.5, 0.6) is 0 Å². The second kappa shape index (κ2) is 13.0. The summed E-state index contributed by atoms with van der Waals surface area (Å²) in [6, 6.07) is 1.91. The van der Waals surface area contributed by atoms with E-state index < -0.39 is 0 Å².